The van der Waals surface area contributed by atoms with Crippen molar-refractivity contribution in [3.8, 4) is 11.1 Å². The first-order chi connectivity index (χ1) is 11.4. The normalized spacial score (nSPS) is 12.0. The number of rotatable bonds is 6. The molecule has 0 aliphatic heterocycles. The van der Waals surface area contributed by atoms with Crippen molar-refractivity contribution in [2.75, 3.05) is 6.16 Å². The average molecular weight is 318 g/mol. The highest BCUT2D eigenvalue weighted by Gasteiger charge is 2.17. The summed E-state index contributed by atoms with van der Waals surface area (Å²) in [6.45, 7) is 2.28. The Bertz CT molecular complexity index is 719. The Morgan fingerprint density at radius 3 is 2.00 bits per heavy atom. The Kier molecular flexibility index (Phi) is 5.61. The van der Waals surface area contributed by atoms with Gasteiger partial charge in [-0.3, -0.25) is 0 Å². The maximum absolute atomic E-state index is 2.33. The second-order valence-corrected chi connectivity index (χ2v) is 8.03. The molecule has 3 rings (SSSR count). The van der Waals surface area contributed by atoms with Gasteiger partial charge in [-0.1, -0.05) is 98.3 Å². The second-order valence-electron chi connectivity index (χ2n) is 5.72. The van der Waals surface area contributed by atoms with Gasteiger partial charge in [0.15, 0.2) is 0 Å². The van der Waals surface area contributed by atoms with Crippen molar-refractivity contribution in [2.24, 2.45) is 0 Å². The van der Waals surface area contributed by atoms with Crippen molar-refractivity contribution < 1.29 is 0 Å². The predicted octanol–water partition coefficient (Wildman–Crippen LogP) is 5.59. The lowest BCUT2D eigenvalue weighted by Gasteiger charge is -2.22. The molecule has 0 saturated carbocycles. The molecule has 0 N–H and O–H groups in total. The highest BCUT2D eigenvalue weighted by molar-refractivity contribution is 7.73. The van der Waals surface area contributed by atoms with E-state index in [1.165, 1.54) is 40.7 Å². The van der Waals surface area contributed by atoms with Crippen LogP contribution in [0.3, 0.4) is 0 Å². The van der Waals surface area contributed by atoms with E-state index in [4.69, 9.17) is 0 Å². The molecular weight excluding hydrogens is 295 g/mol. The third-order valence-corrected chi connectivity index (χ3v) is 6.74. The first-order valence-electron chi connectivity index (χ1n) is 8.37. The van der Waals surface area contributed by atoms with Crippen LogP contribution in [0.2, 0.25) is 0 Å². The summed E-state index contributed by atoms with van der Waals surface area (Å²) in [5.41, 5.74) is 2.71. The number of hydrogen-bond donors (Lipinski definition) is 0. The van der Waals surface area contributed by atoms with Crippen molar-refractivity contribution in [3.63, 3.8) is 0 Å². The molecule has 1 unspecified atom stereocenters. The SMILES string of the molecule is CCCCP(c1ccccc1)c1ccccc1-c1ccccc1. The van der Waals surface area contributed by atoms with Crippen LogP contribution < -0.4 is 10.6 Å². The van der Waals surface area contributed by atoms with Gasteiger partial charge < -0.3 is 0 Å². The van der Waals surface area contributed by atoms with Crippen LogP contribution in [0.1, 0.15) is 19.8 Å². The van der Waals surface area contributed by atoms with Crippen molar-refractivity contribution >= 4 is 18.5 Å². The summed E-state index contributed by atoms with van der Waals surface area (Å²) in [5.74, 6) is 0. The van der Waals surface area contributed by atoms with Crippen LogP contribution in [0.4, 0.5) is 0 Å². The molecule has 0 fully saturated rings. The molecule has 0 aliphatic rings. The van der Waals surface area contributed by atoms with Gasteiger partial charge in [0, 0.05) is 0 Å². The summed E-state index contributed by atoms with van der Waals surface area (Å²) in [6.07, 6.45) is 3.79. The summed E-state index contributed by atoms with van der Waals surface area (Å²) in [5, 5.41) is 2.99. The smallest absolute Gasteiger partial charge is 0.0104 e. The summed E-state index contributed by atoms with van der Waals surface area (Å²) < 4.78 is 0. The lowest BCUT2D eigenvalue weighted by atomic mass is 10.1. The molecule has 0 amide bonds. The fourth-order valence-corrected chi connectivity index (χ4v) is 5.59. The zero-order valence-electron chi connectivity index (χ0n) is 13.7. The topological polar surface area (TPSA) is 0 Å². The molecule has 0 radical (unpaired) electrons. The minimum atomic E-state index is -0.301. The third-order valence-electron chi connectivity index (χ3n) is 4.08. The Morgan fingerprint density at radius 2 is 1.30 bits per heavy atom. The molecule has 0 heterocycles. The molecule has 3 aromatic rings. The van der Waals surface area contributed by atoms with Gasteiger partial charge in [0.25, 0.3) is 0 Å². The first-order valence-corrected chi connectivity index (χ1v) is 9.90. The minimum Gasteiger partial charge on any atom is -0.0654 e. The van der Waals surface area contributed by atoms with Gasteiger partial charge in [0.05, 0.1) is 0 Å². The van der Waals surface area contributed by atoms with Crippen molar-refractivity contribution in [2.45, 2.75) is 19.8 Å². The number of benzene rings is 3. The van der Waals surface area contributed by atoms with E-state index in [-0.39, 0.29) is 7.92 Å². The van der Waals surface area contributed by atoms with Gasteiger partial charge in [-0.15, -0.1) is 0 Å². The van der Waals surface area contributed by atoms with Crippen LogP contribution in [0.25, 0.3) is 11.1 Å². The van der Waals surface area contributed by atoms with Gasteiger partial charge in [-0.2, -0.15) is 0 Å². The molecule has 0 aromatic heterocycles. The van der Waals surface area contributed by atoms with E-state index in [0.29, 0.717) is 0 Å². The van der Waals surface area contributed by atoms with E-state index in [1.807, 2.05) is 0 Å². The Balaban J connectivity index is 2.06. The maximum atomic E-state index is 2.33. The molecule has 3 aromatic carbocycles. The fraction of sp³-hybridized carbons (Fsp3) is 0.182. The highest BCUT2D eigenvalue weighted by Crippen LogP contribution is 2.38. The van der Waals surface area contributed by atoms with E-state index >= 15 is 0 Å². The molecule has 0 bridgehead atoms. The highest BCUT2D eigenvalue weighted by atomic mass is 31.1. The van der Waals surface area contributed by atoms with Crippen LogP contribution in [-0.4, -0.2) is 6.16 Å². The third kappa shape index (κ3) is 3.89. The quantitative estimate of drug-likeness (QED) is 0.520. The van der Waals surface area contributed by atoms with E-state index in [1.54, 1.807) is 0 Å². The second kappa shape index (κ2) is 8.09. The average Bonchev–Trinajstić information content (AvgIpc) is 2.64. The van der Waals surface area contributed by atoms with Crippen LogP contribution in [-0.2, 0) is 0 Å². The monoisotopic (exact) mass is 318 g/mol. The maximum Gasteiger partial charge on any atom is -0.0104 e. The van der Waals surface area contributed by atoms with Gasteiger partial charge in [0.1, 0.15) is 0 Å². The molecule has 23 heavy (non-hydrogen) atoms. The summed E-state index contributed by atoms with van der Waals surface area (Å²) in [6, 6.07) is 30.8. The molecule has 0 nitrogen and oxygen atoms in total. The molecule has 0 saturated heterocycles. The van der Waals surface area contributed by atoms with Crippen molar-refractivity contribution in [1.29, 1.82) is 0 Å². The molecule has 0 aliphatic carbocycles. The molecule has 0 spiro atoms. The molecule has 116 valence electrons. The Labute approximate surface area is 141 Å². The van der Waals surface area contributed by atoms with Gasteiger partial charge in [-0.25, -0.2) is 0 Å². The Hall–Kier alpha value is -1.91. The lowest BCUT2D eigenvalue weighted by molar-refractivity contribution is 0.894. The number of unbranched alkanes of at least 4 members (excludes halogenated alkanes) is 1. The fourth-order valence-electron chi connectivity index (χ4n) is 2.88. The summed E-state index contributed by atoms with van der Waals surface area (Å²) in [7, 11) is -0.301. The molecule has 1 atom stereocenters. The number of hydrogen-bond acceptors (Lipinski definition) is 0. The van der Waals surface area contributed by atoms with E-state index < -0.39 is 0 Å². The van der Waals surface area contributed by atoms with Crippen LogP contribution in [0.5, 0.6) is 0 Å². The zero-order chi connectivity index (χ0) is 15.9. The van der Waals surface area contributed by atoms with Gasteiger partial charge in [-0.05, 0) is 42.2 Å². The summed E-state index contributed by atoms with van der Waals surface area (Å²) in [4.78, 5) is 0. The van der Waals surface area contributed by atoms with Crippen LogP contribution >= 0.6 is 7.92 Å². The van der Waals surface area contributed by atoms with Crippen LogP contribution in [0, 0.1) is 0 Å². The van der Waals surface area contributed by atoms with E-state index in [2.05, 4.69) is 91.9 Å². The van der Waals surface area contributed by atoms with Crippen LogP contribution in [0.15, 0.2) is 84.9 Å². The lowest BCUT2D eigenvalue weighted by Crippen LogP contribution is -2.16. The largest absolute Gasteiger partial charge is 0.0654 e. The van der Waals surface area contributed by atoms with Crippen molar-refractivity contribution in [3.05, 3.63) is 84.9 Å². The van der Waals surface area contributed by atoms with Crippen molar-refractivity contribution in [1.82, 2.24) is 0 Å². The summed E-state index contributed by atoms with van der Waals surface area (Å²) >= 11 is 0. The molecule has 1 heteroatoms. The van der Waals surface area contributed by atoms with Gasteiger partial charge in [0.2, 0.25) is 0 Å². The van der Waals surface area contributed by atoms with Gasteiger partial charge >= 0.3 is 0 Å². The zero-order valence-corrected chi connectivity index (χ0v) is 14.5. The van der Waals surface area contributed by atoms with E-state index in [0.717, 1.165) is 0 Å². The predicted molar refractivity (Wildman–Crippen MR) is 104 cm³/mol. The standard InChI is InChI=1S/C22H23P/c1-2-3-18-23(20-14-8-5-9-15-20)22-17-11-10-16-21(22)19-12-6-4-7-13-19/h4-17H,2-3,18H2,1H3. The minimum absolute atomic E-state index is 0.301. The van der Waals surface area contributed by atoms with E-state index in [9.17, 15) is 0 Å². The first kappa shape index (κ1) is 16.0. The Morgan fingerprint density at radius 1 is 0.696 bits per heavy atom. The molecular formula is C22H23P.